The van der Waals surface area contributed by atoms with E-state index in [1.165, 1.54) is 39.4 Å². The van der Waals surface area contributed by atoms with E-state index in [2.05, 4.69) is 49.5 Å². The van der Waals surface area contributed by atoms with Crippen molar-refractivity contribution >= 4 is 21.8 Å². The van der Waals surface area contributed by atoms with Crippen molar-refractivity contribution in [3.8, 4) is 16.9 Å². The molecule has 0 bridgehead atoms. The number of rotatable bonds is 11. The average Bonchev–Trinajstić information content (AvgIpc) is 3.28. The number of ether oxygens (including phenoxy) is 2. The highest BCUT2D eigenvalue weighted by molar-refractivity contribution is 7.85. The summed E-state index contributed by atoms with van der Waals surface area (Å²) in [5.74, 6) is -0.443. The standard InChI is InChI=1S/C30H34FNO4.CH4O3S/c1-4-35-14-15-36-23-16-19(2)30(20(3)17-23)26-7-5-6-25-24(26)11-12-28(25)32-22-10-8-21(27(31)18-22)9-13-29(33)34;1-5(2,3)4/h5-8,10,16-18,28,32H,4,9,11-15H2,1-3H3,(H,33,34);1H3,(H,2,3,4). The Labute approximate surface area is 241 Å². The van der Waals surface area contributed by atoms with Crippen LogP contribution in [-0.4, -0.2) is 50.1 Å². The lowest BCUT2D eigenvalue weighted by atomic mass is 9.90. The molecule has 0 fully saturated rings. The molecule has 3 aromatic rings. The molecule has 0 saturated heterocycles. The summed E-state index contributed by atoms with van der Waals surface area (Å²) in [6, 6.07) is 15.7. The van der Waals surface area contributed by atoms with Crippen molar-refractivity contribution in [1.29, 1.82) is 0 Å². The third kappa shape index (κ3) is 9.55. The van der Waals surface area contributed by atoms with Gasteiger partial charge in [0.25, 0.3) is 10.1 Å². The Balaban J connectivity index is 0.000000850. The molecule has 222 valence electrons. The number of nitrogens with one attached hydrogen (secondary N) is 1. The molecule has 0 radical (unpaired) electrons. The molecule has 1 atom stereocenters. The first-order chi connectivity index (χ1) is 19.4. The van der Waals surface area contributed by atoms with Gasteiger partial charge < -0.3 is 19.9 Å². The van der Waals surface area contributed by atoms with Crippen LogP contribution in [0.15, 0.2) is 48.5 Å². The number of anilines is 1. The molecule has 0 aromatic heterocycles. The van der Waals surface area contributed by atoms with Gasteiger partial charge in [0.1, 0.15) is 18.2 Å². The number of fused-ring (bicyclic) bond motifs is 1. The molecular formula is C31H38FNO7S. The Morgan fingerprint density at radius 1 is 1.10 bits per heavy atom. The number of aliphatic carboxylic acids is 1. The monoisotopic (exact) mass is 587 g/mol. The fraction of sp³-hybridized carbons (Fsp3) is 0.387. The highest BCUT2D eigenvalue weighted by Crippen LogP contribution is 2.42. The summed E-state index contributed by atoms with van der Waals surface area (Å²) in [4.78, 5) is 10.8. The topological polar surface area (TPSA) is 122 Å². The lowest BCUT2D eigenvalue weighted by Gasteiger charge is -2.19. The Morgan fingerprint density at radius 3 is 2.39 bits per heavy atom. The summed E-state index contributed by atoms with van der Waals surface area (Å²) in [6.07, 6.45) is 2.68. The number of carboxylic acids is 1. The maximum atomic E-state index is 14.5. The Morgan fingerprint density at radius 2 is 1.78 bits per heavy atom. The van der Waals surface area contributed by atoms with Crippen LogP contribution in [-0.2, 0) is 32.5 Å². The average molecular weight is 588 g/mol. The fourth-order valence-corrected chi connectivity index (χ4v) is 5.12. The molecule has 10 heteroatoms. The predicted octanol–water partition coefficient (Wildman–Crippen LogP) is 6.15. The molecule has 0 saturated carbocycles. The quantitative estimate of drug-likeness (QED) is 0.181. The van der Waals surface area contributed by atoms with E-state index >= 15 is 0 Å². The van der Waals surface area contributed by atoms with Crippen molar-refractivity contribution in [3.05, 3.63) is 82.2 Å². The summed E-state index contributed by atoms with van der Waals surface area (Å²) in [5, 5.41) is 12.4. The van der Waals surface area contributed by atoms with Crippen LogP contribution in [0.1, 0.15) is 53.6 Å². The minimum Gasteiger partial charge on any atom is -0.491 e. The first-order valence-corrected chi connectivity index (χ1v) is 15.3. The van der Waals surface area contributed by atoms with Crippen molar-refractivity contribution in [2.75, 3.05) is 31.4 Å². The van der Waals surface area contributed by atoms with Gasteiger partial charge in [-0.05, 0) is 103 Å². The van der Waals surface area contributed by atoms with Gasteiger partial charge in [-0.1, -0.05) is 24.3 Å². The van der Waals surface area contributed by atoms with E-state index in [0.717, 1.165) is 18.6 Å². The molecule has 3 aromatic carbocycles. The molecule has 8 nitrogen and oxygen atoms in total. The van der Waals surface area contributed by atoms with Crippen LogP contribution in [0.2, 0.25) is 0 Å². The molecule has 4 rings (SSSR count). The van der Waals surface area contributed by atoms with Gasteiger partial charge >= 0.3 is 5.97 Å². The minimum absolute atomic E-state index is 0.0817. The van der Waals surface area contributed by atoms with E-state index in [9.17, 15) is 17.6 Å². The molecule has 0 aliphatic heterocycles. The zero-order valence-electron chi connectivity index (χ0n) is 23.9. The Bertz CT molecular complexity index is 1440. The lowest BCUT2D eigenvalue weighted by molar-refractivity contribution is -0.136. The van der Waals surface area contributed by atoms with Gasteiger partial charge in [-0.25, -0.2) is 4.39 Å². The van der Waals surface area contributed by atoms with Crippen LogP contribution in [0.5, 0.6) is 5.75 Å². The van der Waals surface area contributed by atoms with E-state index in [4.69, 9.17) is 19.1 Å². The summed E-state index contributed by atoms with van der Waals surface area (Å²) in [7, 11) is -3.67. The summed E-state index contributed by atoms with van der Waals surface area (Å²) in [6.45, 7) is 8.00. The number of carboxylic acid groups (broad SMARTS) is 1. The van der Waals surface area contributed by atoms with Crippen molar-refractivity contribution < 1.29 is 36.7 Å². The molecule has 1 aliphatic carbocycles. The number of carbonyl (C=O) groups is 1. The van der Waals surface area contributed by atoms with Crippen molar-refractivity contribution in [3.63, 3.8) is 0 Å². The van der Waals surface area contributed by atoms with Gasteiger partial charge in [-0.15, -0.1) is 0 Å². The van der Waals surface area contributed by atoms with E-state index in [1.54, 1.807) is 6.07 Å². The first-order valence-electron chi connectivity index (χ1n) is 13.5. The molecule has 1 unspecified atom stereocenters. The fourth-order valence-electron chi connectivity index (χ4n) is 5.12. The van der Waals surface area contributed by atoms with Crippen LogP contribution in [0.25, 0.3) is 11.1 Å². The molecule has 0 amide bonds. The maximum absolute atomic E-state index is 14.5. The highest BCUT2D eigenvalue weighted by atomic mass is 32.2. The van der Waals surface area contributed by atoms with Crippen LogP contribution in [0.4, 0.5) is 10.1 Å². The largest absolute Gasteiger partial charge is 0.491 e. The zero-order valence-corrected chi connectivity index (χ0v) is 24.7. The molecule has 0 heterocycles. The van der Waals surface area contributed by atoms with E-state index < -0.39 is 16.1 Å². The van der Waals surface area contributed by atoms with Gasteiger partial charge in [0, 0.05) is 18.7 Å². The summed E-state index contributed by atoms with van der Waals surface area (Å²) < 4.78 is 51.7. The third-order valence-electron chi connectivity index (χ3n) is 6.75. The number of aryl methyl sites for hydroxylation is 3. The van der Waals surface area contributed by atoms with Crippen LogP contribution in [0.3, 0.4) is 0 Å². The molecule has 0 spiro atoms. The van der Waals surface area contributed by atoms with E-state index in [-0.39, 0.29) is 24.7 Å². The minimum atomic E-state index is -3.67. The number of hydrogen-bond donors (Lipinski definition) is 3. The summed E-state index contributed by atoms with van der Waals surface area (Å²) >= 11 is 0. The second-order valence-electron chi connectivity index (χ2n) is 10.0. The third-order valence-corrected chi connectivity index (χ3v) is 6.75. The van der Waals surface area contributed by atoms with Crippen LogP contribution in [0, 0.1) is 19.7 Å². The van der Waals surface area contributed by atoms with Gasteiger partial charge in [0.2, 0.25) is 0 Å². The Hall–Kier alpha value is -3.47. The van der Waals surface area contributed by atoms with Crippen molar-refractivity contribution in [2.45, 2.75) is 52.5 Å². The number of halogens is 1. The van der Waals surface area contributed by atoms with Gasteiger partial charge in [0.05, 0.1) is 18.9 Å². The van der Waals surface area contributed by atoms with E-state index in [0.29, 0.717) is 37.3 Å². The van der Waals surface area contributed by atoms with Gasteiger partial charge in [0.15, 0.2) is 0 Å². The van der Waals surface area contributed by atoms with Crippen molar-refractivity contribution in [1.82, 2.24) is 0 Å². The van der Waals surface area contributed by atoms with Gasteiger partial charge in [-0.3, -0.25) is 9.35 Å². The zero-order chi connectivity index (χ0) is 30.2. The highest BCUT2D eigenvalue weighted by Gasteiger charge is 2.26. The molecule has 3 N–H and O–H groups in total. The predicted molar refractivity (Wildman–Crippen MR) is 158 cm³/mol. The lowest BCUT2D eigenvalue weighted by Crippen LogP contribution is -2.08. The number of benzene rings is 3. The summed E-state index contributed by atoms with van der Waals surface area (Å²) in [5.41, 5.74) is 8.50. The van der Waals surface area contributed by atoms with Crippen LogP contribution < -0.4 is 10.1 Å². The molecular weight excluding hydrogens is 549 g/mol. The number of hydrogen-bond acceptors (Lipinski definition) is 6. The Kier molecular flexibility index (Phi) is 11.3. The normalized spacial score (nSPS) is 14.1. The molecule has 41 heavy (non-hydrogen) atoms. The maximum Gasteiger partial charge on any atom is 0.303 e. The van der Waals surface area contributed by atoms with Crippen molar-refractivity contribution in [2.24, 2.45) is 0 Å². The molecule has 1 aliphatic rings. The van der Waals surface area contributed by atoms with E-state index in [1.807, 2.05) is 13.0 Å². The first kappa shape index (κ1) is 32.0. The SMILES string of the molecule is CCOCCOc1cc(C)c(-c2cccc3c2CCC3Nc2ccc(CCC(=O)O)c(F)c2)c(C)c1.CS(=O)(=O)O. The second kappa shape index (κ2) is 14.4. The van der Waals surface area contributed by atoms with Crippen LogP contribution >= 0.6 is 0 Å². The second-order valence-corrected chi connectivity index (χ2v) is 11.5. The smallest absolute Gasteiger partial charge is 0.303 e. The van der Waals surface area contributed by atoms with Gasteiger partial charge in [-0.2, -0.15) is 8.42 Å².